The normalized spacial score (nSPS) is 10.5. The van der Waals surface area contributed by atoms with Crippen molar-refractivity contribution in [1.29, 1.82) is 0 Å². The van der Waals surface area contributed by atoms with Crippen LogP contribution in [0.15, 0.2) is 54.9 Å². The van der Waals surface area contributed by atoms with Crippen molar-refractivity contribution < 1.29 is 4.79 Å². The largest absolute Gasteiger partial charge is 0.334 e. The molecule has 0 bridgehead atoms. The van der Waals surface area contributed by atoms with Crippen LogP contribution in [0, 0.1) is 0 Å². The van der Waals surface area contributed by atoms with Crippen LogP contribution in [0.3, 0.4) is 0 Å². The number of carbonyl (C=O) groups excluding carboxylic acids is 1. The number of nitrogens with one attached hydrogen (secondary N) is 2. The van der Waals surface area contributed by atoms with Crippen LogP contribution < -0.4 is 10.6 Å². The summed E-state index contributed by atoms with van der Waals surface area (Å²) in [4.78, 5) is 16.2. The van der Waals surface area contributed by atoms with Crippen molar-refractivity contribution >= 4 is 45.7 Å². The number of carbonyl (C=O) groups is 1. The van der Waals surface area contributed by atoms with E-state index in [4.69, 9.17) is 23.2 Å². The molecular formula is C17H13Cl2N3O. The summed E-state index contributed by atoms with van der Waals surface area (Å²) in [7, 11) is 0. The Bertz CT molecular complexity index is 842. The molecule has 0 radical (unpaired) electrons. The van der Waals surface area contributed by atoms with Gasteiger partial charge in [-0.3, -0.25) is 4.98 Å². The van der Waals surface area contributed by atoms with Crippen molar-refractivity contribution in [2.24, 2.45) is 0 Å². The highest BCUT2D eigenvalue weighted by Crippen LogP contribution is 2.22. The second-order valence-electron chi connectivity index (χ2n) is 4.99. The summed E-state index contributed by atoms with van der Waals surface area (Å²) >= 11 is 11.9. The van der Waals surface area contributed by atoms with E-state index in [1.807, 2.05) is 24.3 Å². The van der Waals surface area contributed by atoms with Crippen molar-refractivity contribution in [3.8, 4) is 0 Å². The van der Waals surface area contributed by atoms with Crippen molar-refractivity contribution in [1.82, 2.24) is 10.3 Å². The molecule has 3 rings (SSSR count). The fourth-order valence-corrected chi connectivity index (χ4v) is 2.86. The first-order chi connectivity index (χ1) is 11.1. The van der Waals surface area contributed by atoms with Gasteiger partial charge in [-0.2, -0.15) is 0 Å². The summed E-state index contributed by atoms with van der Waals surface area (Å²) in [6, 6.07) is 12.4. The van der Waals surface area contributed by atoms with Crippen LogP contribution in [0.25, 0.3) is 10.8 Å². The molecule has 1 aromatic heterocycles. The number of hydrogen-bond donors (Lipinski definition) is 2. The van der Waals surface area contributed by atoms with Crippen molar-refractivity contribution in [2.45, 2.75) is 6.54 Å². The molecule has 1 heterocycles. The van der Waals surface area contributed by atoms with E-state index in [9.17, 15) is 4.79 Å². The van der Waals surface area contributed by atoms with Crippen LogP contribution in [0.5, 0.6) is 0 Å². The fourth-order valence-electron chi connectivity index (χ4n) is 2.29. The maximum atomic E-state index is 12.1. The molecule has 116 valence electrons. The minimum atomic E-state index is -0.301. The SMILES string of the molecule is O=C(NCc1cc(Cl)cc(Cl)c1)Nc1cccc2cnccc12. The lowest BCUT2D eigenvalue weighted by Crippen LogP contribution is -2.28. The Balaban J connectivity index is 1.69. The molecule has 0 saturated heterocycles. The number of aromatic nitrogens is 1. The fraction of sp³-hybridized carbons (Fsp3) is 0.0588. The van der Waals surface area contributed by atoms with Crippen molar-refractivity contribution in [3.63, 3.8) is 0 Å². The van der Waals surface area contributed by atoms with Gasteiger partial charge in [-0.05, 0) is 35.9 Å². The number of hydrogen-bond acceptors (Lipinski definition) is 2. The Kier molecular flexibility index (Phi) is 4.65. The zero-order chi connectivity index (χ0) is 16.2. The summed E-state index contributed by atoms with van der Waals surface area (Å²) in [5.41, 5.74) is 1.56. The molecule has 6 heteroatoms. The highest BCUT2D eigenvalue weighted by molar-refractivity contribution is 6.34. The van der Waals surface area contributed by atoms with Gasteiger partial charge in [0.2, 0.25) is 0 Å². The number of nitrogens with zero attached hydrogens (tertiary/aromatic N) is 1. The van der Waals surface area contributed by atoms with E-state index in [0.717, 1.165) is 22.0 Å². The van der Waals surface area contributed by atoms with E-state index in [2.05, 4.69) is 15.6 Å². The summed E-state index contributed by atoms with van der Waals surface area (Å²) in [5, 5.41) is 8.60. The lowest BCUT2D eigenvalue weighted by molar-refractivity contribution is 0.252. The molecular weight excluding hydrogens is 333 g/mol. The number of benzene rings is 2. The minimum Gasteiger partial charge on any atom is -0.334 e. The summed E-state index contributed by atoms with van der Waals surface area (Å²) < 4.78 is 0. The molecule has 0 spiro atoms. The number of pyridine rings is 1. The van der Waals surface area contributed by atoms with Gasteiger partial charge in [-0.1, -0.05) is 35.3 Å². The molecule has 0 saturated carbocycles. The first-order valence-corrected chi connectivity index (χ1v) is 7.70. The lowest BCUT2D eigenvalue weighted by Gasteiger charge is -2.10. The molecule has 2 N–H and O–H groups in total. The molecule has 2 amide bonds. The molecule has 0 unspecified atom stereocenters. The van der Waals surface area contributed by atoms with Crippen LogP contribution in [-0.4, -0.2) is 11.0 Å². The molecule has 0 aliphatic carbocycles. The Labute approximate surface area is 143 Å². The monoisotopic (exact) mass is 345 g/mol. The molecule has 0 aliphatic heterocycles. The van der Waals surface area contributed by atoms with Crippen LogP contribution >= 0.6 is 23.2 Å². The maximum absolute atomic E-state index is 12.1. The zero-order valence-electron chi connectivity index (χ0n) is 12.0. The van der Waals surface area contributed by atoms with Crippen LogP contribution in [0.1, 0.15) is 5.56 Å². The number of urea groups is 1. The molecule has 4 nitrogen and oxygen atoms in total. The Hall–Kier alpha value is -2.30. The van der Waals surface area contributed by atoms with E-state index < -0.39 is 0 Å². The Morgan fingerprint density at radius 3 is 2.65 bits per heavy atom. The van der Waals surface area contributed by atoms with E-state index in [1.54, 1.807) is 30.6 Å². The number of amides is 2. The van der Waals surface area contributed by atoms with E-state index in [-0.39, 0.29) is 6.03 Å². The molecule has 23 heavy (non-hydrogen) atoms. The zero-order valence-corrected chi connectivity index (χ0v) is 13.5. The van der Waals surface area contributed by atoms with E-state index >= 15 is 0 Å². The average molecular weight is 346 g/mol. The van der Waals surface area contributed by atoms with Gasteiger partial charge in [0.1, 0.15) is 0 Å². The highest BCUT2D eigenvalue weighted by Gasteiger charge is 2.06. The summed E-state index contributed by atoms with van der Waals surface area (Å²) in [6.07, 6.45) is 3.45. The molecule has 0 fully saturated rings. The molecule has 0 aliphatic rings. The first-order valence-electron chi connectivity index (χ1n) is 6.94. The topological polar surface area (TPSA) is 54.0 Å². The van der Waals surface area contributed by atoms with Gasteiger partial charge >= 0.3 is 6.03 Å². The van der Waals surface area contributed by atoms with Gasteiger partial charge in [-0.15, -0.1) is 0 Å². The first kappa shape index (κ1) is 15.6. The van der Waals surface area contributed by atoms with Gasteiger partial charge in [0.05, 0.1) is 5.69 Å². The standard InChI is InChI=1S/C17H13Cl2N3O/c18-13-6-11(7-14(19)8-13)9-21-17(23)22-16-3-1-2-12-10-20-5-4-15(12)16/h1-8,10H,9H2,(H2,21,22,23). The quantitative estimate of drug-likeness (QED) is 0.711. The molecule has 2 aromatic carbocycles. The number of anilines is 1. The lowest BCUT2D eigenvalue weighted by atomic mass is 10.1. The van der Waals surface area contributed by atoms with Gasteiger partial charge in [-0.25, -0.2) is 4.79 Å². The third-order valence-corrected chi connectivity index (χ3v) is 3.74. The maximum Gasteiger partial charge on any atom is 0.319 e. The van der Waals surface area contributed by atoms with Gasteiger partial charge < -0.3 is 10.6 Å². The van der Waals surface area contributed by atoms with Crippen molar-refractivity contribution in [2.75, 3.05) is 5.32 Å². The third-order valence-electron chi connectivity index (χ3n) is 3.30. The Morgan fingerprint density at radius 1 is 1.09 bits per heavy atom. The predicted octanol–water partition coefficient (Wildman–Crippen LogP) is 4.86. The highest BCUT2D eigenvalue weighted by atomic mass is 35.5. The van der Waals surface area contributed by atoms with Crippen LogP contribution in [0.4, 0.5) is 10.5 Å². The van der Waals surface area contributed by atoms with Crippen LogP contribution in [-0.2, 0) is 6.54 Å². The number of rotatable bonds is 3. The predicted molar refractivity (Wildman–Crippen MR) is 94.1 cm³/mol. The van der Waals surface area contributed by atoms with E-state index in [0.29, 0.717) is 16.6 Å². The summed E-state index contributed by atoms with van der Waals surface area (Å²) in [6.45, 7) is 0.332. The second kappa shape index (κ2) is 6.86. The third kappa shape index (κ3) is 3.92. The average Bonchev–Trinajstić information content (AvgIpc) is 2.52. The van der Waals surface area contributed by atoms with Crippen molar-refractivity contribution in [3.05, 3.63) is 70.5 Å². The second-order valence-corrected chi connectivity index (χ2v) is 5.86. The molecule has 3 aromatic rings. The van der Waals surface area contributed by atoms with Gasteiger partial charge in [0.15, 0.2) is 0 Å². The van der Waals surface area contributed by atoms with E-state index in [1.165, 1.54) is 0 Å². The van der Waals surface area contributed by atoms with Crippen LogP contribution in [0.2, 0.25) is 10.0 Å². The Morgan fingerprint density at radius 2 is 1.87 bits per heavy atom. The number of fused-ring (bicyclic) bond motifs is 1. The number of halogens is 2. The summed E-state index contributed by atoms with van der Waals surface area (Å²) in [5.74, 6) is 0. The molecule has 0 atom stereocenters. The minimum absolute atomic E-state index is 0.301. The van der Waals surface area contributed by atoms with Gasteiger partial charge in [0, 0.05) is 39.8 Å². The smallest absolute Gasteiger partial charge is 0.319 e. The van der Waals surface area contributed by atoms with Gasteiger partial charge in [0.25, 0.3) is 0 Å².